The summed E-state index contributed by atoms with van der Waals surface area (Å²) in [4.78, 5) is 35.2. The summed E-state index contributed by atoms with van der Waals surface area (Å²) in [5.41, 5.74) is -0.0156. The Kier molecular flexibility index (Phi) is 7.29. The Morgan fingerprint density at radius 2 is 1.83 bits per heavy atom. The molecule has 0 heterocycles. The number of hydrogen-bond acceptors (Lipinski definition) is 5. The van der Waals surface area contributed by atoms with Crippen LogP contribution in [0.1, 0.15) is 18.9 Å². The van der Waals surface area contributed by atoms with E-state index in [-0.39, 0.29) is 18.4 Å². The Bertz CT molecular complexity index is 620. The van der Waals surface area contributed by atoms with Crippen molar-refractivity contribution in [2.75, 3.05) is 14.2 Å². The van der Waals surface area contributed by atoms with Gasteiger partial charge in [-0.15, -0.1) is 0 Å². The summed E-state index contributed by atoms with van der Waals surface area (Å²) in [7, 11) is 2.35. The van der Waals surface area contributed by atoms with Crippen LogP contribution in [0.25, 0.3) is 0 Å². The first kappa shape index (κ1) is 19.5. The largest absolute Gasteiger partial charge is 0.469 e. The molecule has 132 valence electrons. The van der Waals surface area contributed by atoms with E-state index in [1.165, 1.54) is 7.11 Å². The van der Waals surface area contributed by atoms with Crippen molar-refractivity contribution in [1.29, 1.82) is 0 Å². The van der Waals surface area contributed by atoms with Crippen LogP contribution in [0.2, 0.25) is 0 Å². The van der Waals surface area contributed by atoms with Crippen LogP contribution in [-0.4, -0.2) is 38.1 Å². The number of benzene rings is 1. The topological polar surface area (TPSA) is 81.7 Å². The zero-order valence-corrected chi connectivity index (χ0v) is 13.6. The molecule has 0 aliphatic carbocycles. The minimum atomic E-state index is -1.09. The normalized spacial score (nSPS) is 12.9. The average molecular weight is 343 g/mol. The van der Waals surface area contributed by atoms with E-state index in [0.29, 0.717) is 6.07 Å². The lowest BCUT2D eigenvalue weighted by Gasteiger charge is -2.22. The van der Waals surface area contributed by atoms with Gasteiger partial charge in [-0.05, 0) is 17.5 Å². The van der Waals surface area contributed by atoms with Crippen molar-refractivity contribution in [2.24, 2.45) is 5.92 Å². The van der Waals surface area contributed by atoms with Gasteiger partial charge in [0.1, 0.15) is 17.7 Å². The molecule has 1 amide bonds. The first-order chi connectivity index (χ1) is 11.3. The summed E-state index contributed by atoms with van der Waals surface area (Å²) in [6.45, 7) is 1.57. The van der Waals surface area contributed by atoms with Crippen LogP contribution >= 0.6 is 0 Å². The van der Waals surface area contributed by atoms with Gasteiger partial charge >= 0.3 is 11.9 Å². The molecule has 0 aliphatic rings. The summed E-state index contributed by atoms with van der Waals surface area (Å²) in [5, 5.41) is 2.41. The highest BCUT2D eigenvalue weighted by molar-refractivity contribution is 5.86. The zero-order valence-electron chi connectivity index (χ0n) is 13.6. The second-order valence-corrected chi connectivity index (χ2v) is 5.24. The Morgan fingerprint density at radius 1 is 1.17 bits per heavy atom. The molecule has 1 aromatic carbocycles. The molecule has 8 heteroatoms. The predicted molar refractivity (Wildman–Crippen MR) is 79.8 cm³/mol. The average Bonchev–Trinajstić information content (AvgIpc) is 2.54. The van der Waals surface area contributed by atoms with Crippen molar-refractivity contribution in [2.45, 2.75) is 25.8 Å². The van der Waals surface area contributed by atoms with E-state index < -0.39 is 41.4 Å². The third-order valence-corrected chi connectivity index (χ3v) is 3.42. The van der Waals surface area contributed by atoms with Gasteiger partial charge in [0, 0.05) is 6.07 Å². The highest BCUT2D eigenvalue weighted by Crippen LogP contribution is 2.13. The molecule has 1 N–H and O–H groups in total. The fraction of sp³-hybridized carbons (Fsp3) is 0.438. The quantitative estimate of drug-likeness (QED) is 0.756. The van der Waals surface area contributed by atoms with Gasteiger partial charge in [-0.2, -0.15) is 0 Å². The molecule has 0 saturated heterocycles. The second-order valence-electron chi connectivity index (χ2n) is 5.24. The predicted octanol–water partition coefficient (Wildman–Crippen LogP) is 1.36. The van der Waals surface area contributed by atoms with Crippen LogP contribution in [0, 0.1) is 17.6 Å². The summed E-state index contributed by atoms with van der Waals surface area (Å²) in [6.07, 6.45) is -0.494. The SMILES string of the molecule is COC(=O)C[C@H](C)[C@@H](NC(=O)Cc1ccc(F)cc1F)C(=O)OC. The number of hydrogen-bond donors (Lipinski definition) is 1. The lowest BCUT2D eigenvalue weighted by Crippen LogP contribution is -2.47. The van der Waals surface area contributed by atoms with Gasteiger partial charge in [-0.1, -0.05) is 13.0 Å². The van der Waals surface area contributed by atoms with Crippen molar-refractivity contribution in [1.82, 2.24) is 5.32 Å². The second kappa shape index (κ2) is 8.95. The first-order valence-electron chi connectivity index (χ1n) is 7.16. The molecule has 0 saturated carbocycles. The smallest absolute Gasteiger partial charge is 0.328 e. The highest BCUT2D eigenvalue weighted by atomic mass is 19.1. The standard InChI is InChI=1S/C16H19F2NO5/c1-9(6-14(21)23-2)15(16(22)24-3)19-13(20)7-10-4-5-11(17)8-12(10)18/h4-5,8-9,15H,6-7H2,1-3H3,(H,19,20)/t9-,15+/m0/s1. The summed E-state index contributed by atoms with van der Waals surface area (Å²) < 4.78 is 35.6. The minimum Gasteiger partial charge on any atom is -0.469 e. The number of rotatable bonds is 7. The molecule has 1 aromatic rings. The van der Waals surface area contributed by atoms with E-state index in [9.17, 15) is 23.2 Å². The Morgan fingerprint density at radius 3 is 2.38 bits per heavy atom. The molecule has 6 nitrogen and oxygen atoms in total. The van der Waals surface area contributed by atoms with Crippen LogP contribution in [-0.2, 0) is 30.3 Å². The number of methoxy groups -OCH3 is 2. The summed E-state index contributed by atoms with van der Waals surface area (Å²) in [5.74, 6) is -4.15. The summed E-state index contributed by atoms with van der Waals surface area (Å²) in [6, 6.07) is 1.75. The van der Waals surface area contributed by atoms with Crippen molar-refractivity contribution < 1.29 is 32.6 Å². The van der Waals surface area contributed by atoms with E-state index in [0.717, 1.165) is 19.2 Å². The molecule has 24 heavy (non-hydrogen) atoms. The van der Waals surface area contributed by atoms with Crippen LogP contribution in [0.4, 0.5) is 8.78 Å². The van der Waals surface area contributed by atoms with Gasteiger partial charge in [0.15, 0.2) is 0 Å². The Labute approximate surface area is 138 Å². The van der Waals surface area contributed by atoms with Crippen molar-refractivity contribution in [3.63, 3.8) is 0 Å². The fourth-order valence-corrected chi connectivity index (χ4v) is 2.09. The van der Waals surface area contributed by atoms with E-state index in [1.54, 1.807) is 6.92 Å². The monoisotopic (exact) mass is 343 g/mol. The number of halogens is 2. The fourth-order valence-electron chi connectivity index (χ4n) is 2.09. The van der Waals surface area contributed by atoms with Crippen LogP contribution < -0.4 is 5.32 Å². The molecular weight excluding hydrogens is 324 g/mol. The number of amides is 1. The molecule has 0 aromatic heterocycles. The maximum Gasteiger partial charge on any atom is 0.328 e. The third kappa shape index (κ3) is 5.60. The van der Waals surface area contributed by atoms with Crippen LogP contribution in [0.5, 0.6) is 0 Å². The van der Waals surface area contributed by atoms with Gasteiger partial charge in [0.25, 0.3) is 0 Å². The maximum absolute atomic E-state index is 13.6. The molecule has 0 spiro atoms. The molecule has 0 radical (unpaired) electrons. The number of ether oxygens (including phenoxy) is 2. The van der Waals surface area contributed by atoms with Gasteiger partial charge in [-0.3, -0.25) is 9.59 Å². The van der Waals surface area contributed by atoms with Gasteiger partial charge in [-0.25, -0.2) is 13.6 Å². The Hall–Kier alpha value is -2.51. The van der Waals surface area contributed by atoms with Crippen LogP contribution in [0.3, 0.4) is 0 Å². The van der Waals surface area contributed by atoms with E-state index in [4.69, 9.17) is 0 Å². The van der Waals surface area contributed by atoms with Gasteiger partial charge in [0.2, 0.25) is 5.91 Å². The van der Waals surface area contributed by atoms with E-state index in [1.807, 2.05) is 0 Å². The molecule has 1 rings (SSSR count). The van der Waals surface area contributed by atoms with E-state index in [2.05, 4.69) is 14.8 Å². The summed E-state index contributed by atoms with van der Waals surface area (Å²) >= 11 is 0. The highest BCUT2D eigenvalue weighted by Gasteiger charge is 2.29. The first-order valence-corrected chi connectivity index (χ1v) is 7.16. The molecular formula is C16H19F2NO5. The van der Waals surface area contributed by atoms with E-state index >= 15 is 0 Å². The number of esters is 2. The number of carbonyl (C=O) groups is 3. The number of nitrogens with one attached hydrogen (secondary N) is 1. The lowest BCUT2D eigenvalue weighted by atomic mass is 9.97. The van der Waals surface area contributed by atoms with Crippen molar-refractivity contribution in [3.05, 3.63) is 35.4 Å². The molecule has 0 unspecified atom stereocenters. The van der Waals surface area contributed by atoms with Gasteiger partial charge < -0.3 is 14.8 Å². The van der Waals surface area contributed by atoms with Crippen molar-refractivity contribution in [3.8, 4) is 0 Å². The Balaban J connectivity index is 2.80. The van der Waals surface area contributed by atoms with Crippen molar-refractivity contribution >= 4 is 17.8 Å². The third-order valence-electron chi connectivity index (χ3n) is 3.42. The molecule has 0 fully saturated rings. The maximum atomic E-state index is 13.6. The minimum absolute atomic E-state index is 0.0156. The number of carbonyl (C=O) groups excluding carboxylic acids is 3. The molecule has 0 aliphatic heterocycles. The van der Waals surface area contributed by atoms with Crippen LogP contribution in [0.15, 0.2) is 18.2 Å². The molecule has 2 atom stereocenters. The molecule has 0 bridgehead atoms. The zero-order chi connectivity index (χ0) is 18.3. The lowest BCUT2D eigenvalue weighted by molar-refractivity contribution is -0.148. The van der Waals surface area contributed by atoms with Gasteiger partial charge in [0.05, 0.1) is 27.1 Å².